The second kappa shape index (κ2) is 17.5. The molecule has 242 valence electrons. The number of ether oxygens (including phenoxy) is 6. The molecule has 2 aliphatic rings. The van der Waals surface area contributed by atoms with Gasteiger partial charge in [-0.1, -0.05) is 141 Å². The topological polar surface area (TPSA) is 55.4 Å². The molecule has 1 saturated carbocycles. The first kappa shape index (κ1) is 32.6. The molecule has 0 spiro atoms. The molecule has 1 aliphatic heterocycles. The van der Waals surface area contributed by atoms with Gasteiger partial charge in [0.2, 0.25) is 0 Å². The minimum Gasteiger partial charge on any atom is -0.374 e. The fourth-order valence-electron chi connectivity index (χ4n) is 6.25. The molecule has 1 aliphatic carbocycles. The third kappa shape index (κ3) is 9.58. The molecule has 4 aromatic carbocycles. The lowest BCUT2D eigenvalue weighted by Crippen LogP contribution is -2.62. The van der Waals surface area contributed by atoms with E-state index < -0.39 is 30.7 Å². The van der Waals surface area contributed by atoms with Crippen LogP contribution in [-0.4, -0.2) is 43.4 Å². The van der Waals surface area contributed by atoms with E-state index in [0.29, 0.717) is 33.0 Å². The zero-order valence-electron chi connectivity index (χ0n) is 26.5. The maximum Gasteiger partial charge on any atom is 0.187 e. The summed E-state index contributed by atoms with van der Waals surface area (Å²) < 4.78 is 40.2. The minimum atomic E-state index is -0.630. The molecule has 1 heterocycles. The van der Waals surface area contributed by atoms with E-state index in [2.05, 4.69) is 48.5 Å². The van der Waals surface area contributed by atoms with E-state index in [-0.39, 0.29) is 6.10 Å². The summed E-state index contributed by atoms with van der Waals surface area (Å²) >= 11 is 0. The lowest BCUT2D eigenvalue weighted by molar-refractivity contribution is -0.337. The monoisotopic (exact) mass is 622 g/mol. The van der Waals surface area contributed by atoms with E-state index in [9.17, 15) is 0 Å². The van der Waals surface area contributed by atoms with Gasteiger partial charge in [0.25, 0.3) is 0 Å². The summed E-state index contributed by atoms with van der Waals surface area (Å²) in [5.41, 5.74) is 4.35. The van der Waals surface area contributed by atoms with Crippen molar-refractivity contribution in [2.24, 2.45) is 0 Å². The Balaban J connectivity index is 1.29. The number of hydrogen-bond acceptors (Lipinski definition) is 6. The van der Waals surface area contributed by atoms with Crippen molar-refractivity contribution in [1.82, 2.24) is 0 Å². The Hall–Kier alpha value is -3.36. The van der Waals surface area contributed by atoms with E-state index >= 15 is 0 Å². The fourth-order valence-corrected chi connectivity index (χ4v) is 6.25. The van der Waals surface area contributed by atoms with E-state index in [1.54, 1.807) is 0 Å². The van der Waals surface area contributed by atoms with Crippen LogP contribution in [0.15, 0.2) is 121 Å². The molecule has 4 aromatic rings. The molecular formula is C40H46O6. The highest BCUT2D eigenvalue weighted by atomic mass is 16.7. The van der Waals surface area contributed by atoms with Crippen LogP contribution in [0.1, 0.15) is 54.4 Å². The predicted molar refractivity (Wildman–Crippen MR) is 178 cm³/mol. The van der Waals surface area contributed by atoms with Crippen LogP contribution < -0.4 is 0 Å². The van der Waals surface area contributed by atoms with Crippen molar-refractivity contribution in [3.63, 3.8) is 0 Å². The molecule has 5 atom stereocenters. The fraction of sp³-hybridized carbons (Fsp3) is 0.400. The van der Waals surface area contributed by atoms with Gasteiger partial charge in [0.1, 0.15) is 24.4 Å². The molecule has 0 bridgehead atoms. The van der Waals surface area contributed by atoms with Crippen molar-refractivity contribution in [2.75, 3.05) is 6.61 Å². The Kier molecular flexibility index (Phi) is 12.4. The van der Waals surface area contributed by atoms with Crippen LogP contribution in [0.3, 0.4) is 0 Å². The average Bonchev–Trinajstić information content (AvgIpc) is 3.12. The summed E-state index contributed by atoms with van der Waals surface area (Å²) in [5, 5.41) is 0. The molecule has 3 unspecified atom stereocenters. The summed E-state index contributed by atoms with van der Waals surface area (Å²) in [6.45, 7) is 2.04. The number of benzene rings is 4. The second-order valence-electron chi connectivity index (χ2n) is 12.2. The first-order chi connectivity index (χ1) is 22.8. The van der Waals surface area contributed by atoms with Gasteiger partial charge in [-0.15, -0.1) is 0 Å². The van der Waals surface area contributed by atoms with Gasteiger partial charge in [0, 0.05) is 0 Å². The van der Waals surface area contributed by atoms with Gasteiger partial charge in [0.05, 0.1) is 39.1 Å². The Morgan fingerprint density at radius 2 is 0.913 bits per heavy atom. The maximum atomic E-state index is 6.83. The van der Waals surface area contributed by atoms with Gasteiger partial charge >= 0.3 is 0 Å². The van der Waals surface area contributed by atoms with Crippen molar-refractivity contribution in [3.05, 3.63) is 144 Å². The highest BCUT2D eigenvalue weighted by Crippen LogP contribution is 2.34. The van der Waals surface area contributed by atoms with Crippen LogP contribution in [0.25, 0.3) is 0 Å². The van der Waals surface area contributed by atoms with Crippen LogP contribution in [0.2, 0.25) is 0 Å². The van der Waals surface area contributed by atoms with Crippen molar-refractivity contribution < 1.29 is 28.4 Å². The molecule has 0 radical (unpaired) electrons. The summed E-state index contributed by atoms with van der Waals surface area (Å²) in [6.07, 6.45) is 3.20. The van der Waals surface area contributed by atoms with Crippen LogP contribution in [-0.2, 0) is 54.8 Å². The van der Waals surface area contributed by atoms with Gasteiger partial charge in [-0.2, -0.15) is 0 Å². The normalized spacial score (nSPS) is 23.7. The van der Waals surface area contributed by atoms with E-state index in [4.69, 9.17) is 28.4 Å². The summed E-state index contributed by atoms with van der Waals surface area (Å²) in [6, 6.07) is 40.9. The van der Waals surface area contributed by atoms with Crippen LogP contribution in [0.4, 0.5) is 0 Å². The van der Waals surface area contributed by atoms with Gasteiger partial charge < -0.3 is 28.4 Å². The standard InChI is InChI=1S/C40H46O6/c1-6-16-31(17-7-1)26-41-30-36-37(42-27-32-18-8-2-9-19-32)38(43-28-33-20-10-3-11-21-33)39(44-29-34-22-12-4-13-23-34)40(46-36)45-35-24-14-5-15-25-35/h1-4,6-13,16-23,35-40H,5,14-15,24-30H2/t36?,37-,38?,39?,40-/m1/s1. The molecule has 0 N–H and O–H groups in total. The van der Waals surface area contributed by atoms with Gasteiger partial charge in [-0.25, -0.2) is 0 Å². The molecule has 0 amide bonds. The van der Waals surface area contributed by atoms with Gasteiger partial charge in [0.15, 0.2) is 6.29 Å². The molecular weight excluding hydrogens is 576 g/mol. The molecule has 46 heavy (non-hydrogen) atoms. The van der Waals surface area contributed by atoms with Crippen molar-refractivity contribution in [3.8, 4) is 0 Å². The maximum absolute atomic E-state index is 6.83. The minimum absolute atomic E-state index is 0.115. The van der Waals surface area contributed by atoms with Gasteiger partial charge in [-0.05, 0) is 35.1 Å². The first-order valence-electron chi connectivity index (χ1n) is 16.7. The highest BCUT2D eigenvalue weighted by molar-refractivity contribution is 5.16. The van der Waals surface area contributed by atoms with E-state index in [1.807, 2.05) is 72.8 Å². The van der Waals surface area contributed by atoms with Crippen molar-refractivity contribution in [1.29, 1.82) is 0 Å². The Morgan fingerprint density at radius 3 is 1.41 bits per heavy atom. The molecule has 2 fully saturated rings. The Labute approximate surface area is 273 Å². The number of hydrogen-bond donors (Lipinski definition) is 0. The molecule has 6 rings (SSSR count). The average molecular weight is 623 g/mol. The second-order valence-corrected chi connectivity index (χ2v) is 12.2. The SMILES string of the molecule is c1ccc(COCC2O[C@@H](OC3CCCCC3)C(OCc3ccccc3)C(OCc3ccccc3)[C@@H]2OCc2ccccc2)cc1. The molecule has 0 aromatic heterocycles. The van der Waals surface area contributed by atoms with Crippen LogP contribution >= 0.6 is 0 Å². The molecule has 6 heteroatoms. The van der Waals surface area contributed by atoms with E-state index in [1.165, 1.54) is 6.42 Å². The highest BCUT2D eigenvalue weighted by Gasteiger charge is 2.49. The quantitative estimate of drug-likeness (QED) is 0.134. The molecule has 6 nitrogen and oxygen atoms in total. The van der Waals surface area contributed by atoms with Crippen molar-refractivity contribution in [2.45, 2.75) is 95.3 Å². The van der Waals surface area contributed by atoms with Crippen molar-refractivity contribution >= 4 is 0 Å². The van der Waals surface area contributed by atoms with Crippen LogP contribution in [0, 0.1) is 0 Å². The summed E-state index contributed by atoms with van der Waals surface area (Å²) in [5.74, 6) is 0. The Morgan fingerprint density at radius 1 is 0.478 bits per heavy atom. The molecule has 1 saturated heterocycles. The first-order valence-corrected chi connectivity index (χ1v) is 16.7. The number of rotatable bonds is 15. The lowest BCUT2D eigenvalue weighted by Gasteiger charge is -2.47. The smallest absolute Gasteiger partial charge is 0.187 e. The third-order valence-electron chi connectivity index (χ3n) is 8.72. The summed E-state index contributed by atoms with van der Waals surface area (Å²) in [7, 11) is 0. The lowest BCUT2D eigenvalue weighted by atomic mass is 9.96. The zero-order valence-corrected chi connectivity index (χ0v) is 26.5. The summed E-state index contributed by atoms with van der Waals surface area (Å²) in [4.78, 5) is 0. The van der Waals surface area contributed by atoms with Crippen LogP contribution in [0.5, 0.6) is 0 Å². The third-order valence-corrected chi connectivity index (χ3v) is 8.72. The Bertz CT molecular complexity index is 1380. The van der Waals surface area contributed by atoms with Gasteiger partial charge in [-0.3, -0.25) is 0 Å². The van der Waals surface area contributed by atoms with E-state index in [0.717, 1.165) is 47.9 Å². The zero-order chi connectivity index (χ0) is 31.2. The predicted octanol–water partition coefficient (Wildman–Crippen LogP) is 8.03. The largest absolute Gasteiger partial charge is 0.374 e.